The number of carbonyl (C=O) groups is 1. The van der Waals surface area contributed by atoms with Crippen LogP contribution >= 0.6 is 0 Å². The number of aromatic carboxylic acids is 1. The summed E-state index contributed by atoms with van der Waals surface area (Å²) in [6.07, 6.45) is 4.98. The van der Waals surface area contributed by atoms with E-state index < -0.39 is 17.3 Å². The average molecular weight is 327 g/mol. The molecule has 0 radical (unpaired) electrons. The van der Waals surface area contributed by atoms with Gasteiger partial charge in [-0.05, 0) is 19.1 Å². The molecule has 2 aromatic heterocycles. The number of nitrogen functional groups attached to an aromatic ring is 1. The third-order valence-electron chi connectivity index (χ3n) is 3.53. The van der Waals surface area contributed by atoms with Gasteiger partial charge in [-0.25, -0.2) is 19.2 Å². The molecule has 0 aliphatic carbocycles. The number of aromatic nitrogens is 4. The third-order valence-corrected chi connectivity index (χ3v) is 3.53. The van der Waals surface area contributed by atoms with Crippen molar-refractivity contribution in [2.24, 2.45) is 0 Å². The number of hydrogen-bond acceptors (Lipinski definition) is 5. The monoisotopic (exact) mass is 327 g/mol. The van der Waals surface area contributed by atoms with Crippen molar-refractivity contribution in [2.75, 3.05) is 5.73 Å². The number of nitrogens with two attached hydrogens (primary N) is 1. The van der Waals surface area contributed by atoms with Gasteiger partial charge in [-0.2, -0.15) is 5.10 Å². The Labute approximate surface area is 136 Å². The molecule has 3 rings (SSSR count). The summed E-state index contributed by atoms with van der Waals surface area (Å²) >= 11 is 0. The summed E-state index contributed by atoms with van der Waals surface area (Å²) in [5.41, 5.74) is 7.37. The maximum Gasteiger partial charge on any atom is 0.338 e. The van der Waals surface area contributed by atoms with Gasteiger partial charge in [0, 0.05) is 23.9 Å². The largest absolute Gasteiger partial charge is 0.478 e. The molecule has 3 N–H and O–H groups in total. The molecule has 0 atom stereocenters. The first-order valence-corrected chi connectivity index (χ1v) is 7.18. The van der Waals surface area contributed by atoms with E-state index in [-0.39, 0.29) is 11.5 Å². The fraction of sp³-hybridized carbons (Fsp3) is 0.125. The Hall–Kier alpha value is -3.29. The number of aryl methyl sites for hydroxylation is 1. The Balaban J connectivity index is 2.06. The summed E-state index contributed by atoms with van der Waals surface area (Å²) in [6, 6.07) is 3.71. The zero-order valence-corrected chi connectivity index (χ0v) is 12.8. The fourth-order valence-corrected chi connectivity index (χ4v) is 2.25. The van der Waals surface area contributed by atoms with Crippen molar-refractivity contribution in [3.05, 3.63) is 48.2 Å². The minimum absolute atomic E-state index is 0.129. The van der Waals surface area contributed by atoms with Crippen LogP contribution in [-0.4, -0.2) is 30.8 Å². The minimum Gasteiger partial charge on any atom is -0.478 e. The van der Waals surface area contributed by atoms with Crippen molar-refractivity contribution >= 4 is 11.8 Å². The molecule has 0 unspecified atom stereocenters. The Morgan fingerprint density at radius 2 is 2.12 bits per heavy atom. The fourth-order valence-electron chi connectivity index (χ4n) is 2.25. The molecule has 3 aromatic rings. The Morgan fingerprint density at radius 3 is 2.75 bits per heavy atom. The quantitative estimate of drug-likeness (QED) is 0.762. The number of hydrogen-bond donors (Lipinski definition) is 2. The van der Waals surface area contributed by atoms with E-state index in [9.17, 15) is 9.18 Å². The van der Waals surface area contributed by atoms with E-state index in [2.05, 4.69) is 15.1 Å². The van der Waals surface area contributed by atoms with Crippen LogP contribution in [0.25, 0.3) is 22.5 Å². The van der Waals surface area contributed by atoms with Crippen molar-refractivity contribution in [3.63, 3.8) is 0 Å². The van der Waals surface area contributed by atoms with Gasteiger partial charge in [0.1, 0.15) is 17.3 Å². The summed E-state index contributed by atoms with van der Waals surface area (Å²) in [6.45, 7) is 2.68. The lowest BCUT2D eigenvalue weighted by atomic mass is 10.1. The van der Waals surface area contributed by atoms with Crippen LogP contribution in [0.1, 0.15) is 17.3 Å². The summed E-state index contributed by atoms with van der Waals surface area (Å²) < 4.78 is 15.7. The SMILES string of the molecule is CCn1cc(-c2cnc(N)c(-c3ccc(C(=O)O)c(F)c3)n2)cn1. The van der Waals surface area contributed by atoms with Crippen LogP contribution < -0.4 is 5.73 Å². The summed E-state index contributed by atoms with van der Waals surface area (Å²) in [7, 11) is 0. The van der Waals surface area contributed by atoms with Gasteiger partial charge < -0.3 is 10.8 Å². The van der Waals surface area contributed by atoms with Crippen LogP contribution in [0.5, 0.6) is 0 Å². The molecule has 24 heavy (non-hydrogen) atoms. The van der Waals surface area contributed by atoms with Crippen LogP contribution in [-0.2, 0) is 6.54 Å². The number of benzene rings is 1. The zero-order chi connectivity index (χ0) is 17.3. The molecule has 0 saturated carbocycles. The van der Waals surface area contributed by atoms with E-state index in [0.29, 0.717) is 11.3 Å². The van der Waals surface area contributed by atoms with Crippen LogP contribution in [0.2, 0.25) is 0 Å². The maximum atomic E-state index is 13.9. The second-order valence-electron chi connectivity index (χ2n) is 5.07. The van der Waals surface area contributed by atoms with Gasteiger partial charge in [0.05, 0.1) is 23.7 Å². The highest BCUT2D eigenvalue weighted by Gasteiger charge is 2.15. The maximum absolute atomic E-state index is 13.9. The van der Waals surface area contributed by atoms with Gasteiger partial charge in [-0.15, -0.1) is 0 Å². The first-order chi connectivity index (χ1) is 11.5. The molecule has 0 amide bonds. The smallest absolute Gasteiger partial charge is 0.338 e. The normalized spacial score (nSPS) is 10.8. The van der Waals surface area contributed by atoms with Gasteiger partial charge in [0.15, 0.2) is 0 Å². The molecule has 0 aliphatic heterocycles. The number of anilines is 1. The van der Waals surface area contributed by atoms with Crippen molar-refractivity contribution in [1.82, 2.24) is 19.7 Å². The van der Waals surface area contributed by atoms with Gasteiger partial charge in [0.2, 0.25) is 0 Å². The highest BCUT2D eigenvalue weighted by molar-refractivity contribution is 5.89. The summed E-state index contributed by atoms with van der Waals surface area (Å²) in [4.78, 5) is 19.4. The van der Waals surface area contributed by atoms with Crippen molar-refractivity contribution in [2.45, 2.75) is 13.5 Å². The highest BCUT2D eigenvalue weighted by atomic mass is 19.1. The molecule has 0 bridgehead atoms. The van der Waals surface area contributed by atoms with E-state index in [0.717, 1.165) is 18.2 Å². The molecule has 0 saturated heterocycles. The van der Waals surface area contributed by atoms with Crippen LogP contribution in [0.3, 0.4) is 0 Å². The number of carboxylic acid groups (broad SMARTS) is 1. The number of halogens is 1. The van der Waals surface area contributed by atoms with E-state index in [4.69, 9.17) is 10.8 Å². The first-order valence-electron chi connectivity index (χ1n) is 7.18. The predicted octanol–water partition coefficient (Wildman–Crippen LogP) is 2.45. The molecule has 1 aromatic carbocycles. The minimum atomic E-state index is -1.33. The average Bonchev–Trinajstić information content (AvgIpc) is 3.04. The van der Waals surface area contributed by atoms with E-state index in [1.54, 1.807) is 10.9 Å². The Bertz CT molecular complexity index is 923. The third kappa shape index (κ3) is 2.81. The van der Waals surface area contributed by atoms with E-state index in [1.807, 2.05) is 13.1 Å². The molecular weight excluding hydrogens is 313 g/mol. The Morgan fingerprint density at radius 1 is 1.33 bits per heavy atom. The molecule has 8 heteroatoms. The van der Waals surface area contributed by atoms with Crippen LogP contribution in [0.4, 0.5) is 10.2 Å². The lowest BCUT2D eigenvalue weighted by Crippen LogP contribution is -2.02. The first kappa shape index (κ1) is 15.6. The van der Waals surface area contributed by atoms with Gasteiger partial charge in [-0.1, -0.05) is 6.07 Å². The standard InChI is InChI=1S/C16H14FN5O2/c1-2-22-8-10(6-20-22)13-7-19-15(18)14(21-13)9-3-4-11(16(23)24)12(17)5-9/h3-8H,2H2,1H3,(H2,18,19)(H,23,24). The van der Waals surface area contributed by atoms with Crippen LogP contribution in [0, 0.1) is 5.82 Å². The van der Waals surface area contributed by atoms with E-state index in [1.165, 1.54) is 18.3 Å². The van der Waals surface area contributed by atoms with Crippen molar-refractivity contribution in [1.29, 1.82) is 0 Å². The predicted molar refractivity (Wildman–Crippen MR) is 85.7 cm³/mol. The van der Waals surface area contributed by atoms with Gasteiger partial charge in [0.25, 0.3) is 0 Å². The molecule has 2 heterocycles. The topological polar surface area (TPSA) is 107 Å². The molecule has 122 valence electrons. The number of rotatable bonds is 4. The van der Waals surface area contributed by atoms with Gasteiger partial charge in [-0.3, -0.25) is 4.68 Å². The van der Waals surface area contributed by atoms with Gasteiger partial charge >= 0.3 is 5.97 Å². The van der Waals surface area contributed by atoms with E-state index >= 15 is 0 Å². The second-order valence-corrected chi connectivity index (χ2v) is 5.07. The van der Waals surface area contributed by atoms with Crippen LogP contribution in [0.15, 0.2) is 36.8 Å². The second kappa shape index (κ2) is 6.07. The molecular formula is C16H14FN5O2. The summed E-state index contributed by atoms with van der Waals surface area (Å²) in [5.74, 6) is -2.06. The lowest BCUT2D eigenvalue weighted by molar-refractivity contribution is 0.0692. The molecule has 0 spiro atoms. The Kier molecular flexibility index (Phi) is 3.95. The zero-order valence-electron chi connectivity index (χ0n) is 12.8. The van der Waals surface area contributed by atoms with Crippen molar-refractivity contribution in [3.8, 4) is 22.5 Å². The van der Waals surface area contributed by atoms with Crippen molar-refractivity contribution < 1.29 is 14.3 Å². The molecule has 0 fully saturated rings. The molecule has 7 nitrogen and oxygen atoms in total. The number of carboxylic acids is 1. The lowest BCUT2D eigenvalue weighted by Gasteiger charge is -2.07. The number of nitrogens with zero attached hydrogens (tertiary/aromatic N) is 4. The summed E-state index contributed by atoms with van der Waals surface area (Å²) in [5, 5.41) is 13.1. The molecule has 0 aliphatic rings. The highest BCUT2D eigenvalue weighted by Crippen LogP contribution is 2.27.